The van der Waals surface area contributed by atoms with Crippen molar-refractivity contribution in [3.8, 4) is 5.69 Å². The van der Waals surface area contributed by atoms with E-state index < -0.39 is 0 Å². The molecule has 0 saturated carbocycles. The van der Waals surface area contributed by atoms with Crippen LogP contribution in [0, 0.1) is 5.92 Å². The van der Waals surface area contributed by atoms with Crippen molar-refractivity contribution in [1.82, 2.24) is 30.2 Å². The smallest absolute Gasteiger partial charge is 0.259 e. The summed E-state index contributed by atoms with van der Waals surface area (Å²) in [7, 11) is 0. The van der Waals surface area contributed by atoms with Gasteiger partial charge in [0.15, 0.2) is 0 Å². The Balaban J connectivity index is 1.47. The summed E-state index contributed by atoms with van der Waals surface area (Å²) in [5.41, 5.74) is 1.92. The fourth-order valence-corrected chi connectivity index (χ4v) is 6.23. The lowest BCUT2D eigenvalue weighted by molar-refractivity contribution is 0.509. The first-order valence-corrected chi connectivity index (χ1v) is 11.8. The second-order valence-corrected chi connectivity index (χ2v) is 10.4. The molecule has 0 fully saturated rings. The standard InChI is InChI=1S/C20H19ClN6OS2/c1-10-6-7-14-15(8-10)30-19-16(14)18(28)22-17(23-19)11(2)29-20-24-25-26-27(20)13-5-3-4-12(21)9-13/h3-5,9-11H,6-8H2,1-2H3,(H,22,23,28). The Labute approximate surface area is 185 Å². The molecule has 3 aromatic heterocycles. The third kappa shape index (κ3) is 3.55. The molecule has 3 heterocycles. The molecule has 1 N–H and O–H groups in total. The fourth-order valence-electron chi connectivity index (χ4n) is 3.79. The molecule has 2 atom stereocenters. The van der Waals surface area contributed by atoms with Crippen molar-refractivity contribution in [3.63, 3.8) is 0 Å². The van der Waals surface area contributed by atoms with Crippen LogP contribution < -0.4 is 5.56 Å². The first kappa shape index (κ1) is 19.7. The summed E-state index contributed by atoms with van der Waals surface area (Å²) in [5, 5.41) is 13.9. The Hall–Kier alpha value is -2.23. The zero-order chi connectivity index (χ0) is 20.8. The van der Waals surface area contributed by atoms with Crippen LogP contribution in [0.5, 0.6) is 0 Å². The Kier molecular flexibility index (Phi) is 5.12. The third-order valence-electron chi connectivity index (χ3n) is 5.34. The minimum absolute atomic E-state index is 0.0519. The molecule has 1 aliphatic rings. The lowest BCUT2D eigenvalue weighted by Crippen LogP contribution is -2.15. The molecule has 1 aromatic carbocycles. The maximum absolute atomic E-state index is 12.9. The molecule has 0 saturated heterocycles. The van der Waals surface area contributed by atoms with Crippen molar-refractivity contribution in [2.75, 3.05) is 0 Å². The van der Waals surface area contributed by atoms with E-state index in [1.807, 2.05) is 19.1 Å². The van der Waals surface area contributed by atoms with E-state index in [1.165, 1.54) is 22.2 Å². The van der Waals surface area contributed by atoms with Crippen LogP contribution in [0.4, 0.5) is 0 Å². The Morgan fingerprint density at radius 3 is 3.10 bits per heavy atom. The maximum atomic E-state index is 12.9. The average Bonchev–Trinajstić information content (AvgIpc) is 3.31. The zero-order valence-electron chi connectivity index (χ0n) is 16.4. The van der Waals surface area contributed by atoms with Gasteiger partial charge in [0.25, 0.3) is 5.56 Å². The van der Waals surface area contributed by atoms with E-state index in [1.54, 1.807) is 28.2 Å². The molecule has 0 spiro atoms. The second kappa shape index (κ2) is 7.79. The van der Waals surface area contributed by atoms with Crippen LogP contribution >= 0.6 is 34.7 Å². The molecule has 154 valence electrons. The van der Waals surface area contributed by atoms with Gasteiger partial charge in [-0.2, -0.15) is 4.68 Å². The number of hydrogen-bond acceptors (Lipinski definition) is 7. The van der Waals surface area contributed by atoms with Crippen LogP contribution in [0.1, 0.15) is 41.8 Å². The molecule has 2 unspecified atom stereocenters. The normalized spacial score (nSPS) is 17.2. The largest absolute Gasteiger partial charge is 0.309 e. The van der Waals surface area contributed by atoms with Gasteiger partial charge in [-0.1, -0.05) is 36.4 Å². The SMILES string of the molecule is CC1CCc2c(sc3nc(C(C)Sc4nnnn4-c4cccc(Cl)c4)[nH]c(=O)c23)C1. The summed E-state index contributed by atoms with van der Waals surface area (Å²) in [6.07, 6.45) is 3.11. The first-order valence-electron chi connectivity index (χ1n) is 9.75. The van der Waals surface area contributed by atoms with Gasteiger partial charge in [-0.05, 0) is 66.3 Å². The second-order valence-electron chi connectivity index (χ2n) is 7.60. The van der Waals surface area contributed by atoms with Gasteiger partial charge in [0.05, 0.1) is 16.3 Å². The lowest BCUT2D eigenvalue weighted by Gasteiger charge is -2.17. The molecule has 10 heteroatoms. The molecule has 0 aliphatic heterocycles. The van der Waals surface area contributed by atoms with Gasteiger partial charge in [0, 0.05) is 9.90 Å². The van der Waals surface area contributed by atoms with E-state index in [4.69, 9.17) is 16.6 Å². The Bertz CT molecular complexity index is 1300. The molecular formula is C20H19ClN6OS2. The number of nitrogens with one attached hydrogen (secondary N) is 1. The van der Waals surface area contributed by atoms with Gasteiger partial charge in [0.1, 0.15) is 10.7 Å². The Morgan fingerprint density at radius 2 is 2.27 bits per heavy atom. The number of nitrogens with zero attached hydrogens (tertiary/aromatic N) is 5. The van der Waals surface area contributed by atoms with Crippen LogP contribution in [0.2, 0.25) is 5.02 Å². The molecule has 30 heavy (non-hydrogen) atoms. The molecule has 5 rings (SSSR count). The fraction of sp³-hybridized carbons (Fsp3) is 0.350. The summed E-state index contributed by atoms with van der Waals surface area (Å²) < 4.78 is 1.63. The number of H-pyrrole nitrogens is 1. The number of aromatic amines is 1. The quantitative estimate of drug-likeness (QED) is 0.450. The first-order chi connectivity index (χ1) is 14.5. The number of thioether (sulfide) groups is 1. The van der Waals surface area contributed by atoms with Crippen LogP contribution in [0.15, 0.2) is 34.2 Å². The van der Waals surface area contributed by atoms with E-state index in [0.29, 0.717) is 21.9 Å². The predicted octanol–water partition coefficient (Wildman–Crippen LogP) is 4.59. The number of benzene rings is 1. The Morgan fingerprint density at radius 1 is 1.40 bits per heavy atom. The number of thiophene rings is 1. The van der Waals surface area contributed by atoms with Crippen molar-refractivity contribution in [2.45, 2.75) is 43.5 Å². The highest BCUT2D eigenvalue weighted by Crippen LogP contribution is 2.37. The zero-order valence-corrected chi connectivity index (χ0v) is 18.8. The van der Waals surface area contributed by atoms with E-state index >= 15 is 0 Å². The maximum Gasteiger partial charge on any atom is 0.259 e. The van der Waals surface area contributed by atoms with E-state index in [2.05, 4.69) is 27.4 Å². The highest BCUT2D eigenvalue weighted by Gasteiger charge is 2.24. The van der Waals surface area contributed by atoms with Gasteiger partial charge < -0.3 is 4.98 Å². The van der Waals surface area contributed by atoms with Crippen LogP contribution in [0.25, 0.3) is 15.9 Å². The summed E-state index contributed by atoms with van der Waals surface area (Å²) in [5.74, 6) is 1.29. The summed E-state index contributed by atoms with van der Waals surface area (Å²) in [4.78, 5) is 22.8. The van der Waals surface area contributed by atoms with Crippen LogP contribution in [0.3, 0.4) is 0 Å². The minimum atomic E-state index is -0.135. The summed E-state index contributed by atoms with van der Waals surface area (Å²) in [6, 6.07) is 7.34. The molecule has 0 amide bonds. The highest BCUT2D eigenvalue weighted by atomic mass is 35.5. The number of hydrogen-bond donors (Lipinski definition) is 1. The minimum Gasteiger partial charge on any atom is -0.309 e. The van der Waals surface area contributed by atoms with E-state index in [-0.39, 0.29) is 10.8 Å². The number of aryl methyl sites for hydroxylation is 1. The van der Waals surface area contributed by atoms with Gasteiger partial charge in [0.2, 0.25) is 5.16 Å². The van der Waals surface area contributed by atoms with E-state index in [0.717, 1.165) is 35.2 Å². The monoisotopic (exact) mass is 458 g/mol. The molecule has 0 radical (unpaired) electrons. The third-order valence-corrected chi connectivity index (χ3v) is 7.77. The average molecular weight is 459 g/mol. The molecule has 0 bridgehead atoms. The lowest BCUT2D eigenvalue weighted by atomic mass is 9.89. The highest BCUT2D eigenvalue weighted by molar-refractivity contribution is 7.99. The molecule has 1 aliphatic carbocycles. The molecular weight excluding hydrogens is 440 g/mol. The molecule has 7 nitrogen and oxygen atoms in total. The molecule has 4 aromatic rings. The van der Waals surface area contributed by atoms with Crippen molar-refractivity contribution < 1.29 is 0 Å². The van der Waals surface area contributed by atoms with Gasteiger partial charge in [-0.3, -0.25) is 4.79 Å². The van der Waals surface area contributed by atoms with Gasteiger partial charge >= 0.3 is 0 Å². The summed E-state index contributed by atoms with van der Waals surface area (Å²) >= 11 is 9.20. The van der Waals surface area contributed by atoms with Crippen molar-refractivity contribution in [3.05, 3.63) is 55.9 Å². The number of halogens is 1. The van der Waals surface area contributed by atoms with Crippen molar-refractivity contribution >= 4 is 44.9 Å². The topological polar surface area (TPSA) is 89.3 Å². The van der Waals surface area contributed by atoms with Crippen LogP contribution in [-0.2, 0) is 12.8 Å². The van der Waals surface area contributed by atoms with Crippen molar-refractivity contribution in [1.29, 1.82) is 0 Å². The number of fused-ring (bicyclic) bond motifs is 3. The van der Waals surface area contributed by atoms with E-state index in [9.17, 15) is 4.79 Å². The summed E-state index contributed by atoms with van der Waals surface area (Å²) in [6.45, 7) is 4.25. The predicted molar refractivity (Wildman–Crippen MR) is 120 cm³/mol. The van der Waals surface area contributed by atoms with Crippen LogP contribution in [-0.4, -0.2) is 30.2 Å². The number of aromatic nitrogens is 6. The van der Waals surface area contributed by atoms with Gasteiger partial charge in [-0.25, -0.2) is 4.98 Å². The number of tetrazole rings is 1. The van der Waals surface area contributed by atoms with Crippen molar-refractivity contribution in [2.24, 2.45) is 5.92 Å². The van der Waals surface area contributed by atoms with Gasteiger partial charge in [-0.15, -0.1) is 16.4 Å². The number of rotatable bonds is 4.